The van der Waals surface area contributed by atoms with Crippen LogP contribution in [0, 0.1) is 5.41 Å². The van der Waals surface area contributed by atoms with E-state index in [4.69, 9.17) is 0 Å². The molecule has 0 unspecified atom stereocenters. The average Bonchev–Trinajstić information content (AvgIpc) is 2.00. The molecule has 0 fully saturated rings. The largest absolute Gasteiger partial charge is 0.504 e. The van der Waals surface area contributed by atoms with Crippen molar-refractivity contribution < 1.29 is 9.90 Å². The maximum absolute atomic E-state index is 11.4. The van der Waals surface area contributed by atoms with Gasteiger partial charge in [-0.15, -0.1) is 0 Å². The number of allylic oxidation sites excluding steroid dienone is 2. The van der Waals surface area contributed by atoms with Crippen molar-refractivity contribution in [2.75, 3.05) is 0 Å². The van der Waals surface area contributed by atoms with Crippen molar-refractivity contribution in [3.8, 4) is 0 Å². The van der Waals surface area contributed by atoms with Gasteiger partial charge in [0.05, 0.1) is 0 Å². The minimum Gasteiger partial charge on any atom is -0.504 e. The number of hydrogen-bond donors (Lipinski definition) is 1. The van der Waals surface area contributed by atoms with Crippen molar-refractivity contribution in [2.24, 2.45) is 5.41 Å². The van der Waals surface area contributed by atoms with Crippen LogP contribution in [0.15, 0.2) is 23.5 Å². The molecular formula is C11H16O2. The molecule has 0 radical (unpaired) electrons. The van der Waals surface area contributed by atoms with E-state index in [9.17, 15) is 9.90 Å². The molecule has 2 heteroatoms. The first kappa shape index (κ1) is 10.0. The summed E-state index contributed by atoms with van der Waals surface area (Å²) < 4.78 is 0. The molecule has 1 aliphatic rings. The first-order chi connectivity index (χ1) is 5.90. The lowest BCUT2D eigenvalue weighted by Gasteiger charge is -2.32. The smallest absolute Gasteiger partial charge is 0.222 e. The molecule has 72 valence electrons. The minimum atomic E-state index is -0.281. The Labute approximate surface area is 79.0 Å². The fourth-order valence-corrected chi connectivity index (χ4v) is 1.99. The Morgan fingerprint density at radius 1 is 1.54 bits per heavy atom. The van der Waals surface area contributed by atoms with E-state index < -0.39 is 0 Å². The predicted octanol–water partition coefficient (Wildman–Crippen LogP) is 2.76. The molecule has 2 nitrogen and oxygen atoms in total. The molecule has 0 aliphatic heterocycles. The van der Waals surface area contributed by atoms with E-state index in [0.29, 0.717) is 12.0 Å². The highest BCUT2D eigenvalue weighted by molar-refractivity contribution is 6.07. The number of aliphatic hydroxyl groups is 1. The highest BCUT2D eigenvalue weighted by atomic mass is 16.3. The van der Waals surface area contributed by atoms with Crippen molar-refractivity contribution in [1.29, 1.82) is 0 Å². The third-order valence-corrected chi connectivity index (χ3v) is 2.65. The minimum absolute atomic E-state index is 0.0799. The van der Waals surface area contributed by atoms with Gasteiger partial charge in [0.15, 0.2) is 5.76 Å². The van der Waals surface area contributed by atoms with Crippen LogP contribution in [0.25, 0.3) is 0 Å². The van der Waals surface area contributed by atoms with Crippen LogP contribution >= 0.6 is 0 Å². The van der Waals surface area contributed by atoms with Gasteiger partial charge >= 0.3 is 0 Å². The summed E-state index contributed by atoms with van der Waals surface area (Å²) >= 11 is 0. The highest BCUT2D eigenvalue weighted by Gasteiger charge is 2.35. The molecule has 0 aromatic carbocycles. The molecule has 0 amide bonds. The zero-order chi connectivity index (χ0) is 10.2. The van der Waals surface area contributed by atoms with E-state index >= 15 is 0 Å². The Kier molecular flexibility index (Phi) is 2.33. The standard InChI is InChI=1S/C11H16O2/c1-5-8-10(13)9(12)7(2)6-11(8,3)4/h13H,2,5-6H2,1,3-4H3. The van der Waals surface area contributed by atoms with E-state index in [0.717, 1.165) is 12.0 Å². The fourth-order valence-electron chi connectivity index (χ4n) is 1.99. The van der Waals surface area contributed by atoms with Crippen LogP contribution in [0.1, 0.15) is 33.6 Å². The summed E-state index contributed by atoms with van der Waals surface area (Å²) in [7, 11) is 0. The lowest BCUT2D eigenvalue weighted by molar-refractivity contribution is -0.115. The van der Waals surface area contributed by atoms with Crippen LogP contribution in [0.4, 0.5) is 0 Å². The summed E-state index contributed by atoms with van der Waals surface area (Å²) in [4.78, 5) is 11.4. The quantitative estimate of drug-likeness (QED) is 0.630. The second-order valence-corrected chi connectivity index (χ2v) is 4.17. The van der Waals surface area contributed by atoms with E-state index in [1.165, 1.54) is 0 Å². The molecule has 0 saturated carbocycles. The van der Waals surface area contributed by atoms with Gasteiger partial charge < -0.3 is 5.11 Å². The van der Waals surface area contributed by atoms with Gasteiger partial charge in [-0.2, -0.15) is 0 Å². The van der Waals surface area contributed by atoms with Crippen molar-refractivity contribution in [2.45, 2.75) is 33.6 Å². The second-order valence-electron chi connectivity index (χ2n) is 4.17. The van der Waals surface area contributed by atoms with Crippen molar-refractivity contribution in [3.05, 3.63) is 23.5 Å². The summed E-state index contributed by atoms with van der Waals surface area (Å²) in [6.07, 6.45) is 1.37. The van der Waals surface area contributed by atoms with Crippen molar-refractivity contribution >= 4 is 5.78 Å². The monoisotopic (exact) mass is 180 g/mol. The van der Waals surface area contributed by atoms with Gasteiger partial charge in [0, 0.05) is 0 Å². The number of rotatable bonds is 1. The van der Waals surface area contributed by atoms with Gasteiger partial charge in [0.1, 0.15) is 0 Å². The Morgan fingerprint density at radius 3 is 2.54 bits per heavy atom. The van der Waals surface area contributed by atoms with Crippen LogP contribution in [0.5, 0.6) is 0 Å². The molecule has 0 aromatic rings. The molecule has 0 heterocycles. The lowest BCUT2D eigenvalue weighted by atomic mass is 9.72. The topological polar surface area (TPSA) is 37.3 Å². The lowest BCUT2D eigenvalue weighted by Crippen LogP contribution is -2.27. The number of hydrogen-bond acceptors (Lipinski definition) is 2. The summed E-state index contributed by atoms with van der Waals surface area (Å²) in [6, 6.07) is 0. The molecule has 1 rings (SSSR count). The normalized spacial score (nSPS) is 22.4. The van der Waals surface area contributed by atoms with E-state index in [-0.39, 0.29) is 17.0 Å². The van der Waals surface area contributed by atoms with Gasteiger partial charge in [-0.05, 0) is 29.4 Å². The van der Waals surface area contributed by atoms with Gasteiger partial charge in [-0.25, -0.2) is 0 Å². The molecule has 1 N–H and O–H groups in total. The van der Waals surface area contributed by atoms with Gasteiger partial charge in [-0.1, -0.05) is 27.4 Å². The summed E-state index contributed by atoms with van der Waals surface area (Å²) in [6.45, 7) is 9.67. The Hall–Kier alpha value is -1.05. The van der Waals surface area contributed by atoms with Crippen LogP contribution in [-0.4, -0.2) is 10.9 Å². The van der Waals surface area contributed by atoms with Crippen LogP contribution in [-0.2, 0) is 4.79 Å². The molecule has 0 bridgehead atoms. The van der Waals surface area contributed by atoms with Crippen molar-refractivity contribution in [1.82, 2.24) is 0 Å². The van der Waals surface area contributed by atoms with Crippen LogP contribution in [0.2, 0.25) is 0 Å². The highest BCUT2D eigenvalue weighted by Crippen LogP contribution is 2.41. The Bertz CT molecular complexity index is 295. The van der Waals surface area contributed by atoms with E-state index in [1.807, 2.05) is 20.8 Å². The van der Waals surface area contributed by atoms with Crippen LogP contribution < -0.4 is 0 Å². The molecule has 0 spiro atoms. The Morgan fingerprint density at radius 2 is 2.08 bits per heavy atom. The molecule has 13 heavy (non-hydrogen) atoms. The molecule has 1 aliphatic carbocycles. The van der Waals surface area contributed by atoms with Crippen LogP contribution in [0.3, 0.4) is 0 Å². The summed E-state index contributed by atoms with van der Waals surface area (Å²) in [5.74, 6) is -0.361. The number of ketones is 1. The van der Waals surface area contributed by atoms with E-state index in [2.05, 4.69) is 6.58 Å². The molecule has 0 atom stereocenters. The number of Topliss-reactive ketones (excluding diaryl/α,β-unsaturated/α-hetero) is 1. The Balaban J connectivity index is 3.24. The zero-order valence-corrected chi connectivity index (χ0v) is 8.48. The average molecular weight is 180 g/mol. The number of carbonyl (C=O) groups is 1. The summed E-state index contributed by atoms with van der Waals surface area (Å²) in [5.41, 5.74) is 1.24. The molecule has 0 saturated heterocycles. The first-order valence-electron chi connectivity index (χ1n) is 4.55. The zero-order valence-electron chi connectivity index (χ0n) is 8.48. The maximum atomic E-state index is 11.4. The maximum Gasteiger partial charge on any atom is 0.222 e. The summed E-state index contributed by atoms with van der Waals surface area (Å²) in [5, 5.41) is 9.61. The number of aliphatic hydroxyl groups excluding tert-OH is 1. The van der Waals surface area contributed by atoms with Gasteiger partial charge in [0.25, 0.3) is 0 Å². The van der Waals surface area contributed by atoms with Crippen molar-refractivity contribution in [3.63, 3.8) is 0 Å². The third-order valence-electron chi connectivity index (χ3n) is 2.65. The third kappa shape index (κ3) is 1.53. The second kappa shape index (κ2) is 3.02. The van der Waals surface area contributed by atoms with Gasteiger partial charge in [-0.3, -0.25) is 4.79 Å². The number of carbonyl (C=O) groups excluding carboxylic acids is 1. The van der Waals surface area contributed by atoms with E-state index in [1.54, 1.807) is 0 Å². The predicted molar refractivity (Wildman–Crippen MR) is 52.5 cm³/mol. The first-order valence-corrected chi connectivity index (χ1v) is 4.55. The fraction of sp³-hybridized carbons (Fsp3) is 0.545. The molecule has 0 aromatic heterocycles. The molecular weight excluding hydrogens is 164 g/mol. The SMILES string of the molecule is C=C1CC(C)(C)C(CC)=C(O)C1=O. The van der Waals surface area contributed by atoms with Gasteiger partial charge in [0.2, 0.25) is 5.78 Å².